The zero-order valence-electron chi connectivity index (χ0n) is 16.1. The summed E-state index contributed by atoms with van der Waals surface area (Å²) in [6.07, 6.45) is 0. The topological polar surface area (TPSA) is 78.5 Å². The van der Waals surface area contributed by atoms with Crippen LogP contribution in [-0.2, 0) is 19.9 Å². The van der Waals surface area contributed by atoms with Gasteiger partial charge in [0.2, 0.25) is 17.7 Å². The molecular formula is C20H24ClN3O3. The molecule has 144 valence electrons. The van der Waals surface area contributed by atoms with E-state index in [1.165, 1.54) is 4.90 Å². The Kier molecular flexibility index (Phi) is 3.79. The predicted molar refractivity (Wildman–Crippen MR) is 102 cm³/mol. The highest BCUT2D eigenvalue weighted by molar-refractivity contribution is 6.31. The van der Waals surface area contributed by atoms with E-state index in [2.05, 4.69) is 10.6 Å². The van der Waals surface area contributed by atoms with Crippen LogP contribution in [0.2, 0.25) is 5.02 Å². The first-order valence-corrected chi connectivity index (χ1v) is 9.65. The van der Waals surface area contributed by atoms with Crippen molar-refractivity contribution in [2.45, 2.75) is 51.7 Å². The molecule has 4 rings (SSSR count). The van der Waals surface area contributed by atoms with Crippen LogP contribution in [0.4, 0.5) is 5.69 Å². The van der Waals surface area contributed by atoms with E-state index < -0.39 is 22.9 Å². The summed E-state index contributed by atoms with van der Waals surface area (Å²) in [6, 6.07) is 4.88. The maximum Gasteiger partial charge on any atom is 0.250 e. The lowest BCUT2D eigenvalue weighted by Crippen LogP contribution is -2.56. The lowest BCUT2D eigenvalue weighted by atomic mass is 9.76. The maximum absolute atomic E-state index is 13.5. The Morgan fingerprint density at radius 3 is 2.41 bits per heavy atom. The average Bonchev–Trinajstić information content (AvgIpc) is 3.13. The third kappa shape index (κ3) is 2.26. The van der Waals surface area contributed by atoms with Crippen molar-refractivity contribution < 1.29 is 14.4 Å². The first-order chi connectivity index (χ1) is 12.5. The summed E-state index contributed by atoms with van der Waals surface area (Å²) < 4.78 is 0. The van der Waals surface area contributed by atoms with E-state index in [4.69, 9.17) is 11.6 Å². The van der Waals surface area contributed by atoms with Gasteiger partial charge in [0.15, 0.2) is 0 Å². The van der Waals surface area contributed by atoms with Crippen LogP contribution in [0.15, 0.2) is 18.2 Å². The number of carbonyl (C=O) groups is 3. The third-order valence-electron chi connectivity index (χ3n) is 6.00. The minimum atomic E-state index is -1.27. The number of hydrogen-bond acceptors (Lipinski definition) is 4. The number of fused-ring (bicyclic) bond motifs is 4. The van der Waals surface area contributed by atoms with Crippen molar-refractivity contribution in [2.75, 3.05) is 5.32 Å². The van der Waals surface area contributed by atoms with Crippen LogP contribution in [-0.4, -0.2) is 34.2 Å². The summed E-state index contributed by atoms with van der Waals surface area (Å²) in [6.45, 7) is 9.52. The van der Waals surface area contributed by atoms with Crippen molar-refractivity contribution >= 4 is 35.0 Å². The van der Waals surface area contributed by atoms with Gasteiger partial charge >= 0.3 is 0 Å². The van der Waals surface area contributed by atoms with Crippen LogP contribution < -0.4 is 10.6 Å². The van der Waals surface area contributed by atoms with Gasteiger partial charge in [-0.15, -0.1) is 0 Å². The summed E-state index contributed by atoms with van der Waals surface area (Å²) in [7, 11) is 0. The van der Waals surface area contributed by atoms with Gasteiger partial charge in [-0.05, 0) is 44.9 Å². The van der Waals surface area contributed by atoms with Gasteiger partial charge in [-0.3, -0.25) is 24.6 Å². The summed E-state index contributed by atoms with van der Waals surface area (Å²) in [5.41, 5.74) is -0.635. The molecule has 0 saturated carbocycles. The Labute approximate surface area is 163 Å². The van der Waals surface area contributed by atoms with Gasteiger partial charge in [0.05, 0.1) is 11.8 Å². The van der Waals surface area contributed by atoms with E-state index >= 15 is 0 Å². The lowest BCUT2D eigenvalue weighted by Gasteiger charge is -2.35. The molecule has 4 atom stereocenters. The summed E-state index contributed by atoms with van der Waals surface area (Å²) in [4.78, 5) is 41.3. The summed E-state index contributed by atoms with van der Waals surface area (Å²) in [5, 5.41) is 6.76. The number of carbonyl (C=O) groups excluding carboxylic acids is 3. The number of halogens is 1. The molecule has 1 aromatic carbocycles. The highest BCUT2D eigenvalue weighted by Crippen LogP contribution is 2.55. The van der Waals surface area contributed by atoms with Crippen LogP contribution in [0, 0.1) is 17.8 Å². The minimum Gasteiger partial charge on any atom is -0.324 e. The summed E-state index contributed by atoms with van der Waals surface area (Å²) >= 11 is 6.21. The van der Waals surface area contributed by atoms with Crippen molar-refractivity contribution in [2.24, 2.45) is 17.8 Å². The molecular weight excluding hydrogens is 366 g/mol. The van der Waals surface area contributed by atoms with Gasteiger partial charge in [0, 0.05) is 27.9 Å². The number of benzene rings is 1. The molecule has 3 aliphatic heterocycles. The number of rotatable bonds is 1. The van der Waals surface area contributed by atoms with E-state index in [0.29, 0.717) is 16.3 Å². The molecule has 3 aliphatic rings. The first kappa shape index (κ1) is 18.4. The molecule has 2 fully saturated rings. The monoisotopic (exact) mass is 389 g/mol. The van der Waals surface area contributed by atoms with Gasteiger partial charge < -0.3 is 5.32 Å². The fourth-order valence-electron chi connectivity index (χ4n) is 4.94. The van der Waals surface area contributed by atoms with Crippen molar-refractivity contribution in [3.8, 4) is 0 Å². The molecule has 1 aromatic rings. The molecule has 3 amide bonds. The minimum absolute atomic E-state index is 0.0737. The van der Waals surface area contributed by atoms with Gasteiger partial charge in [0.25, 0.3) is 0 Å². The molecule has 0 aromatic heterocycles. The van der Waals surface area contributed by atoms with Crippen LogP contribution >= 0.6 is 11.6 Å². The molecule has 0 radical (unpaired) electrons. The number of hydrogen-bond donors (Lipinski definition) is 2. The number of amides is 3. The van der Waals surface area contributed by atoms with Gasteiger partial charge in [0.1, 0.15) is 5.54 Å². The molecule has 1 spiro atoms. The number of nitrogens with one attached hydrogen (secondary N) is 2. The SMILES string of the molecule is CC(C)[C@H]1N[C@@]2(C(=O)Nc3ccc(Cl)cc32)[C@@H]2C(=O)N(C(C)(C)C)C(=O)[C@H]12. The van der Waals surface area contributed by atoms with Crippen LogP contribution in [0.3, 0.4) is 0 Å². The average molecular weight is 390 g/mol. The fraction of sp³-hybridized carbons (Fsp3) is 0.550. The van der Waals surface area contributed by atoms with Crippen molar-refractivity contribution in [3.63, 3.8) is 0 Å². The molecule has 0 aliphatic carbocycles. The zero-order chi connectivity index (χ0) is 19.9. The largest absolute Gasteiger partial charge is 0.324 e. The lowest BCUT2D eigenvalue weighted by molar-refractivity contribution is -0.148. The van der Waals surface area contributed by atoms with Crippen molar-refractivity contribution in [1.29, 1.82) is 0 Å². The molecule has 27 heavy (non-hydrogen) atoms. The van der Waals surface area contributed by atoms with Crippen molar-refractivity contribution in [1.82, 2.24) is 10.2 Å². The Hall–Kier alpha value is -1.92. The highest BCUT2D eigenvalue weighted by Gasteiger charge is 2.71. The van der Waals surface area contributed by atoms with E-state index in [0.717, 1.165) is 0 Å². The van der Waals surface area contributed by atoms with E-state index in [1.807, 2.05) is 34.6 Å². The highest BCUT2D eigenvalue weighted by atomic mass is 35.5. The smallest absolute Gasteiger partial charge is 0.250 e. The Balaban J connectivity index is 1.95. The second kappa shape index (κ2) is 5.55. The molecule has 6 nitrogen and oxygen atoms in total. The number of anilines is 1. The standard InChI is InChI=1S/C20H24ClN3O3/c1-9(2)15-13-14(17(26)24(16(13)25)19(3,4)5)20(23-15)11-8-10(21)6-7-12(11)22-18(20)27/h6-9,13-15,23H,1-5H3,(H,22,27)/t13-,14-,15+,20+/m0/s1. The van der Waals surface area contributed by atoms with Crippen molar-refractivity contribution in [3.05, 3.63) is 28.8 Å². The van der Waals surface area contributed by atoms with E-state index in [1.54, 1.807) is 18.2 Å². The van der Waals surface area contributed by atoms with Gasteiger partial charge in [-0.1, -0.05) is 25.4 Å². The molecule has 0 unspecified atom stereocenters. The molecule has 2 saturated heterocycles. The van der Waals surface area contributed by atoms with Crippen LogP contribution in [0.1, 0.15) is 40.2 Å². The van der Waals surface area contributed by atoms with Crippen LogP contribution in [0.25, 0.3) is 0 Å². The molecule has 2 N–H and O–H groups in total. The molecule has 3 heterocycles. The van der Waals surface area contributed by atoms with Gasteiger partial charge in [-0.25, -0.2) is 0 Å². The van der Waals surface area contributed by atoms with E-state index in [9.17, 15) is 14.4 Å². The number of likely N-dealkylation sites (tertiary alicyclic amines) is 1. The zero-order valence-corrected chi connectivity index (χ0v) is 16.8. The predicted octanol–water partition coefficient (Wildman–Crippen LogP) is 2.51. The summed E-state index contributed by atoms with van der Waals surface area (Å²) in [5.74, 6) is -2.08. The first-order valence-electron chi connectivity index (χ1n) is 9.27. The number of nitrogens with zero attached hydrogens (tertiary/aromatic N) is 1. The molecule has 0 bridgehead atoms. The fourth-order valence-corrected chi connectivity index (χ4v) is 5.11. The van der Waals surface area contributed by atoms with E-state index in [-0.39, 0.29) is 29.7 Å². The second-order valence-electron chi connectivity index (χ2n) is 9.05. The van der Waals surface area contributed by atoms with Gasteiger partial charge in [-0.2, -0.15) is 0 Å². The maximum atomic E-state index is 13.5. The number of imide groups is 1. The molecule has 7 heteroatoms. The second-order valence-corrected chi connectivity index (χ2v) is 9.49. The normalized spacial score (nSPS) is 32.5. The Morgan fingerprint density at radius 2 is 1.81 bits per heavy atom. The Bertz CT molecular complexity index is 876. The Morgan fingerprint density at radius 1 is 1.15 bits per heavy atom. The quantitative estimate of drug-likeness (QED) is 0.723. The van der Waals surface area contributed by atoms with Crippen LogP contribution in [0.5, 0.6) is 0 Å². The third-order valence-corrected chi connectivity index (χ3v) is 6.24.